The lowest BCUT2D eigenvalue weighted by Gasteiger charge is -1.96. The number of hydrogen-bond acceptors (Lipinski definition) is 6. The van der Waals surface area contributed by atoms with Gasteiger partial charge in [0.15, 0.2) is 0 Å². The Labute approximate surface area is 61.0 Å². The highest BCUT2D eigenvalue weighted by molar-refractivity contribution is 6.28. The SMILES string of the molecule is Nc1nc(Cl)nc(NO)n1. The summed E-state index contributed by atoms with van der Waals surface area (Å²) in [5.41, 5.74) is 6.82. The molecular weight excluding hydrogens is 158 g/mol. The number of hydrogen-bond donors (Lipinski definition) is 3. The van der Waals surface area contributed by atoms with Crippen LogP contribution in [0.25, 0.3) is 0 Å². The zero-order chi connectivity index (χ0) is 7.56. The second-order valence-electron chi connectivity index (χ2n) is 1.40. The Kier molecular flexibility index (Phi) is 1.83. The van der Waals surface area contributed by atoms with Crippen LogP contribution in [0.5, 0.6) is 0 Å². The van der Waals surface area contributed by atoms with Gasteiger partial charge in [0.25, 0.3) is 5.95 Å². The van der Waals surface area contributed by atoms with Crippen molar-refractivity contribution in [2.24, 2.45) is 0 Å². The summed E-state index contributed by atoms with van der Waals surface area (Å²) >= 11 is 5.34. The van der Waals surface area contributed by atoms with Gasteiger partial charge in [-0.1, -0.05) is 0 Å². The molecule has 1 aromatic rings. The van der Waals surface area contributed by atoms with Crippen LogP contribution in [0.3, 0.4) is 0 Å². The van der Waals surface area contributed by atoms with Gasteiger partial charge in [-0.25, -0.2) is 5.48 Å². The van der Waals surface area contributed by atoms with E-state index in [1.807, 2.05) is 0 Å². The number of nitrogens with zero attached hydrogens (tertiary/aromatic N) is 3. The van der Waals surface area contributed by atoms with Gasteiger partial charge in [-0.15, -0.1) is 0 Å². The van der Waals surface area contributed by atoms with E-state index >= 15 is 0 Å². The van der Waals surface area contributed by atoms with Crippen molar-refractivity contribution in [1.29, 1.82) is 0 Å². The summed E-state index contributed by atoms with van der Waals surface area (Å²) in [6.45, 7) is 0. The van der Waals surface area contributed by atoms with Gasteiger partial charge in [0.2, 0.25) is 11.2 Å². The largest absolute Gasteiger partial charge is 0.368 e. The minimum atomic E-state index is -0.0718. The maximum Gasteiger partial charge on any atom is 0.253 e. The molecule has 0 saturated heterocycles. The Balaban J connectivity index is 3.06. The van der Waals surface area contributed by atoms with E-state index in [-0.39, 0.29) is 17.2 Å². The van der Waals surface area contributed by atoms with Crippen LogP contribution < -0.4 is 11.2 Å². The third-order valence-electron chi connectivity index (χ3n) is 0.725. The van der Waals surface area contributed by atoms with Crippen molar-refractivity contribution < 1.29 is 5.21 Å². The fourth-order valence-electron chi connectivity index (χ4n) is 0.415. The molecule has 54 valence electrons. The zero-order valence-corrected chi connectivity index (χ0v) is 5.50. The van der Waals surface area contributed by atoms with E-state index in [9.17, 15) is 0 Å². The fourth-order valence-corrected chi connectivity index (χ4v) is 0.582. The normalized spacial score (nSPS) is 9.40. The lowest BCUT2D eigenvalue weighted by Crippen LogP contribution is -2.02. The average Bonchev–Trinajstić information content (AvgIpc) is 1.85. The lowest BCUT2D eigenvalue weighted by atomic mass is 10.9. The van der Waals surface area contributed by atoms with Crippen molar-refractivity contribution in [3.05, 3.63) is 5.28 Å². The number of nitrogens with one attached hydrogen (secondary N) is 1. The number of anilines is 2. The number of halogens is 1. The summed E-state index contributed by atoms with van der Waals surface area (Å²) in [5, 5.41) is 8.20. The van der Waals surface area contributed by atoms with Crippen LogP contribution in [0, 0.1) is 0 Å². The quantitative estimate of drug-likeness (QED) is 0.498. The van der Waals surface area contributed by atoms with E-state index in [2.05, 4.69) is 15.0 Å². The molecule has 0 aliphatic carbocycles. The van der Waals surface area contributed by atoms with Crippen molar-refractivity contribution in [2.75, 3.05) is 11.2 Å². The van der Waals surface area contributed by atoms with Gasteiger partial charge in [0, 0.05) is 0 Å². The summed E-state index contributed by atoms with van der Waals surface area (Å²) in [5.74, 6) is -0.117. The van der Waals surface area contributed by atoms with Crippen LogP contribution in [-0.2, 0) is 0 Å². The number of nitrogens with two attached hydrogens (primary N) is 1. The molecule has 6 nitrogen and oxygen atoms in total. The predicted molar refractivity (Wildman–Crippen MR) is 34.7 cm³/mol. The topological polar surface area (TPSA) is 97.0 Å². The first-order valence-corrected chi connectivity index (χ1v) is 2.67. The molecule has 0 atom stereocenters. The summed E-state index contributed by atoms with van der Waals surface area (Å²) < 4.78 is 0. The molecule has 4 N–H and O–H groups in total. The smallest absolute Gasteiger partial charge is 0.253 e. The van der Waals surface area contributed by atoms with E-state index in [0.717, 1.165) is 0 Å². The van der Waals surface area contributed by atoms with Crippen molar-refractivity contribution in [2.45, 2.75) is 0 Å². The summed E-state index contributed by atoms with van der Waals surface area (Å²) in [6.07, 6.45) is 0. The standard InChI is InChI=1S/C3H4ClN5O/c4-1-6-2(5)8-3(7-1)9-10/h10H,(H3,5,6,7,8,9). The highest BCUT2D eigenvalue weighted by atomic mass is 35.5. The lowest BCUT2D eigenvalue weighted by molar-refractivity contribution is 0.382. The van der Waals surface area contributed by atoms with Crippen LogP contribution in [0.1, 0.15) is 0 Å². The van der Waals surface area contributed by atoms with Crippen molar-refractivity contribution in [1.82, 2.24) is 15.0 Å². The molecule has 10 heavy (non-hydrogen) atoms. The Morgan fingerprint density at radius 2 is 2.10 bits per heavy atom. The third kappa shape index (κ3) is 1.42. The van der Waals surface area contributed by atoms with Crippen LogP contribution >= 0.6 is 11.6 Å². The first-order valence-electron chi connectivity index (χ1n) is 2.29. The minimum absolute atomic E-state index is 0.0449. The number of aromatic nitrogens is 3. The van der Waals surface area contributed by atoms with E-state index < -0.39 is 0 Å². The molecule has 0 amide bonds. The van der Waals surface area contributed by atoms with Gasteiger partial charge in [-0.3, -0.25) is 5.21 Å². The second kappa shape index (κ2) is 2.63. The van der Waals surface area contributed by atoms with Crippen molar-refractivity contribution in [3.63, 3.8) is 0 Å². The molecule has 0 spiro atoms. The monoisotopic (exact) mass is 161 g/mol. The van der Waals surface area contributed by atoms with Crippen molar-refractivity contribution in [3.8, 4) is 0 Å². The molecule has 0 saturated carbocycles. The van der Waals surface area contributed by atoms with Gasteiger partial charge in [0.05, 0.1) is 0 Å². The van der Waals surface area contributed by atoms with Crippen LogP contribution in [0.2, 0.25) is 5.28 Å². The molecule has 0 aromatic carbocycles. The van der Waals surface area contributed by atoms with Crippen LogP contribution in [-0.4, -0.2) is 20.2 Å². The van der Waals surface area contributed by atoms with Crippen molar-refractivity contribution >= 4 is 23.5 Å². The summed E-state index contributed by atoms with van der Waals surface area (Å²) in [6, 6.07) is 0. The van der Waals surface area contributed by atoms with E-state index in [0.29, 0.717) is 0 Å². The van der Waals surface area contributed by atoms with Gasteiger partial charge in [-0.05, 0) is 11.6 Å². The molecule has 0 bridgehead atoms. The van der Waals surface area contributed by atoms with E-state index in [4.69, 9.17) is 22.5 Å². The molecular formula is C3H4ClN5O. The second-order valence-corrected chi connectivity index (χ2v) is 1.74. The first kappa shape index (κ1) is 6.97. The predicted octanol–water partition coefficient (Wildman–Crippen LogP) is -0.0917. The molecule has 0 fully saturated rings. The maximum absolute atomic E-state index is 8.27. The Bertz CT molecular complexity index is 220. The highest BCUT2D eigenvalue weighted by Gasteiger charge is 1.98. The van der Waals surface area contributed by atoms with Gasteiger partial charge >= 0.3 is 0 Å². The zero-order valence-electron chi connectivity index (χ0n) is 4.74. The minimum Gasteiger partial charge on any atom is -0.368 e. The Hall–Kier alpha value is -1.14. The van der Waals surface area contributed by atoms with Gasteiger partial charge in [-0.2, -0.15) is 15.0 Å². The van der Waals surface area contributed by atoms with Gasteiger partial charge < -0.3 is 5.73 Å². The van der Waals surface area contributed by atoms with E-state index in [1.165, 1.54) is 0 Å². The molecule has 1 rings (SSSR count). The molecule has 1 aromatic heterocycles. The summed E-state index contributed by atoms with van der Waals surface area (Å²) in [4.78, 5) is 10.4. The molecule has 0 aliphatic rings. The summed E-state index contributed by atoms with van der Waals surface area (Å²) in [7, 11) is 0. The molecule has 0 radical (unpaired) electrons. The number of nitrogen functional groups attached to an aromatic ring is 1. The molecule has 1 heterocycles. The van der Waals surface area contributed by atoms with E-state index in [1.54, 1.807) is 5.48 Å². The highest BCUT2D eigenvalue weighted by Crippen LogP contribution is 2.04. The average molecular weight is 162 g/mol. The van der Waals surface area contributed by atoms with Crippen LogP contribution in [0.15, 0.2) is 0 Å². The molecule has 0 unspecified atom stereocenters. The van der Waals surface area contributed by atoms with Crippen LogP contribution in [0.4, 0.5) is 11.9 Å². The third-order valence-corrected chi connectivity index (χ3v) is 0.894. The first-order chi connectivity index (χ1) is 4.72. The molecule has 0 aliphatic heterocycles. The molecule has 7 heteroatoms. The Morgan fingerprint density at radius 3 is 2.60 bits per heavy atom. The fraction of sp³-hybridized carbons (Fsp3) is 0. The Morgan fingerprint density at radius 1 is 1.40 bits per heavy atom. The van der Waals surface area contributed by atoms with Gasteiger partial charge in [0.1, 0.15) is 0 Å². The maximum atomic E-state index is 8.27. The number of rotatable bonds is 1.